The third kappa shape index (κ3) is 4.46. The molecule has 0 saturated heterocycles. The Labute approximate surface area is 167 Å². The van der Waals surface area contributed by atoms with Gasteiger partial charge in [0.05, 0.1) is 12.7 Å². The maximum atomic E-state index is 11.8. The molecule has 1 atom stereocenters. The average Bonchev–Trinajstić information content (AvgIpc) is 2.66. The molecule has 0 aliphatic carbocycles. The number of benzene rings is 2. The van der Waals surface area contributed by atoms with Gasteiger partial charge in [0.25, 0.3) is 0 Å². The van der Waals surface area contributed by atoms with Crippen molar-refractivity contribution >= 4 is 34.5 Å². The van der Waals surface area contributed by atoms with Gasteiger partial charge in [0.15, 0.2) is 5.17 Å². The van der Waals surface area contributed by atoms with Crippen molar-refractivity contribution in [1.82, 2.24) is 5.32 Å². The van der Waals surface area contributed by atoms with E-state index in [1.54, 1.807) is 20.1 Å². The number of carbonyl (C=O) groups is 1. The molecule has 1 heterocycles. The topological polar surface area (TPSA) is 70.9 Å². The molecular weight excluding hydrogens is 384 g/mol. The number of carboxylic acids is 1. The molecule has 3 rings (SSSR count). The van der Waals surface area contributed by atoms with Gasteiger partial charge in [-0.05, 0) is 30.7 Å². The van der Waals surface area contributed by atoms with Crippen LogP contribution in [0.1, 0.15) is 24.1 Å². The number of ether oxygens (including phenoxy) is 1. The summed E-state index contributed by atoms with van der Waals surface area (Å²) >= 11 is 7.81. The number of hydrogen-bond donors (Lipinski definition) is 2. The predicted molar refractivity (Wildman–Crippen MR) is 109 cm³/mol. The second-order valence-electron chi connectivity index (χ2n) is 5.96. The van der Waals surface area contributed by atoms with Gasteiger partial charge in [0.1, 0.15) is 11.8 Å². The smallest absolute Gasteiger partial charge is 0.335 e. The number of carboxylic acid groups (broad SMARTS) is 1. The van der Waals surface area contributed by atoms with E-state index in [2.05, 4.69) is 10.3 Å². The van der Waals surface area contributed by atoms with E-state index in [0.717, 1.165) is 11.3 Å². The lowest BCUT2D eigenvalue weighted by Crippen LogP contribution is -2.29. The van der Waals surface area contributed by atoms with Crippen LogP contribution in [0.3, 0.4) is 0 Å². The summed E-state index contributed by atoms with van der Waals surface area (Å²) in [7, 11) is 1.63. The first-order valence-corrected chi connectivity index (χ1v) is 9.65. The Morgan fingerprint density at radius 1 is 1.26 bits per heavy atom. The van der Waals surface area contributed by atoms with Crippen LogP contribution in [0.5, 0.6) is 5.75 Å². The van der Waals surface area contributed by atoms with Crippen LogP contribution in [0.2, 0.25) is 5.02 Å². The van der Waals surface area contributed by atoms with Crippen molar-refractivity contribution in [3.8, 4) is 5.75 Å². The Bertz CT molecular complexity index is 910. The van der Waals surface area contributed by atoms with E-state index in [0.29, 0.717) is 27.2 Å². The maximum Gasteiger partial charge on any atom is 0.335 e. The molecule has 5 nitrogen and oxygen atoms in total. The van der Waals surface area contributed by atoms with E-state index in [4.69, 9.17) is 16.3 Å². The van der Waals surface area contributed by atoms with Gasteiger partial charge in [-0.15, -0.1) is 0 Å². The number of rotatable bonds is 5. The first-order chi connectivity index (χ1) is 13.0. The summed E-state index contributed by atoms with van der Waals surface area (Å²) in [6.07, 6.45) is 0. The quantitative estimate of drug-likeness (QED) is 0.762. The van der Waals surface area contributed by atoms with Crippen molar-refractivity contribution in [2.45, 2.75) is 18.7 Å². The molecule has 0 amide bonds. The Morgan fingerprint density at radius 3 is 2.59 bits per heavy atom. The number of thioether (sulfide) groups is 1. The maximum absolute atomic E-state index is 11.8. The number of aliphatic carboxylic acids is 1. The van der Waals surface area contributed by atoms with Gasteiger partial charge >= 0.3 is 5.97 Å². The van der Waals surface area contributed by atoms with E-state index in [1.807, 2.05) is 42.5 Å². The number of halogens is 1. The summed E-state index contributed by atoms with van der Waals surface area (Å²) in [6.45, 7) is 1.75. The molecule has 1 aliphatic rings. The molecule has 0 saturated carbocycles. The number of methoxy groups -OCH3 is 1. The molecule has 0 bridgehead atoms. The fourth-order valence-electron chi connectivity index (χ4n) is 2.79. The van der Waals surface area contributed by atoms with Crippen molar-refractivity contribution in [2.24, 2.45) is 4.99 Å². The highest BCUT2D eigenvalue weighted by molar-refractivity contribution is 8.13. The third-order valence-corrected chi connectivity index (χ3v) is 5.49. The van der Waals surface area contributed by atoms with E-state index < -0.39 is 12.0 Å². The van der Waals surface area contributed by atoms with Crippen molar-refractivity contribution in [3.63, 3.8) is 0 Å². The average molecular weight is 403 g/mol. The van der Waals surface area contributed by atoms with Gasteiger partial charge in [0, 0.05) is 22.0 Å². The fourth-order valence-corrected chi connectivity index (χ4v) is 3.93. The molecule has 27 heavy (non-hydrogen) atoms. The summed E-state index contributed by atoms with van der Waals surface area (Å²) in [4.78, 5) is 16.4. The van der Waals surface area contributed by atoms with Gasteiger partial charge in [0.2, 0.25) is 0 Å². The number of aliphatic imine (C=N–C) groups is 1. The molecule has 0 fully saturated rings. The van der Waals surface area contributed by atoms with Crippen molar-refractivity contribution in [1.29, 1.82) is 0 Å². The van der Waals surface area contributed by atoms with Gasteiger partial charge in [-0.2, -0.15) is 0 Å². The highest BCUT2D eigenvalue weighted by atomic mass is 35.5. The lowest BCUT2D eigenvalue weighted by molar-refractivity contribution is -0.133. The van der Waals surface area contributed by atoms with Crippen LogP contribution in [-0.2, 0) is 10.5 Å². The highest BCUT2D eigenvalue weighted by Crippen LogP contribution is 2.36. The van der Waals surface area contributed by atoms with Crippen LogP contribution < -0.4 is 10.1 Å². The largest absolute Gasteiger partial charge is 0.497 e. The first-order valence-electron chi connectivity index (χ1n) is 8.28. The zero-order valence-corrected chi connectivity index (χ0v) is 16.5. The monoisotopic (exact) mass is 402 g/mol. The summed E-state index contributed by atoms with van der Waals surface area (Å²) in [6, 6.07) is 14.4. The van der Waals surface area contributed by atoms with E-state index in [-0.39, 0.29) is 5.57 Å². The van der Waals surface area contributed by atoms with Gasteiger partial charge < -0.3 is 15.2 Å². The van der Waals surface area contributed by atoms with Crippen LogP contribution in [0.25, 0.3) is 0 Å². The summed E-state index contributed by atoms with van der Waals surface area (Å²) in [5.41, 5.74) is 2.57. The van der Waals surface area contributed by atoms with Crippen LogP contribution in [-0.4, -0.2) is 23.4 Å². The lowest BCUT2D eigenvalue weighted by atomic mass is 9.97. The molecule has 0 aromatic heterocycles. The van der Waals surface area contributed by atoms with Crippen molar-refractivity contribution in [3.05, 3.63) is 76.0 Å². The molecular formula is C20H19ClN2O3S. The minimum Gasteiger partial charge on any atom is -0.497 e. The normalized spacial score (nSPS) is 16.6. The number of allylic oxidation sites excluding steroid dienone is 1. The first kappa shape index (κ1) is 19.3. The van der Waals surface area contributed by atoms with Gasteiger partial charge in [-0.1, -0.05) is 53.7 Å². The van der Waals surface area contributed by atoms with Gasteiger partial charge in [-0.25, -0.2) is 9.79 Å². The molecule has 1 unspecified atom stereocenters. The minimum absolute atomic E-state index is 0.205. The molecule has 7 heteroatoms. The molecule has 2 aromatic carbocycles. The summed E-state index contributed by atoms with van der Waals surface area (Å²) in [5.74, 6) is 0.495. The van der Waals surface area contributed by atoms with Crippen LogP contribution >= 0.6 is 23.4 Å². The van der Waals surface area contributed by atoms with E-state index in [9.17, 15) is 9.90 Å². The summed E-state index contributed by atoms with van der Waals surface area (Å²) < 4.78 is 5.17. The second kappa shape index (κ2) is 8.50. The van der Waals surface area contributed by atoms with Crippen LogP contribution in [0.15, 0.2) is 64.8 Å². The standard InChI is InChI=1S/C20H19ClN2O3S/c1-12-17(19(24)25)18(15-5-3-4-6-16(15)21)23-20(22-12)27-11-13-7-9-14(26-2)10-8-13/h3-10,18H,11H2,1-2H3,(H,22,23)(H,24,25). The minimum atomic E-state index is -1.01. The van der Waals surface area contributed by atoms with Crippen LogP contribution in [0, 0.1) is 0 Å². The zero-order valence-electron chi connectivity index (χ0n) is 14.9. The van der Waals surface area contributed by atoms with E-state index in [1.165, 1.54) is 11.8 Å². The predicted octanol–water partition coefficient (Wildman–Crippen LogP) is 4.64. The zero-order chi connectivity index (χ0) is 19.4. The van der Waals surface area contributed by atoms with Gasteiger partial charge in [-0.3, -0.25) is 0 Å². The molecule has 140 valence electrons. The summed E-state index contributed by atoms with van der Waals surface area (Å²) in [5, 5.41) is 13.9. The Morgan fingerprint density at radius 2 is 1.96 bits per heavy atom. The SMILES string of the molecule is COc1ccc(CSC2=NC(c3ccccc3Cl)C(C(=O)O)=C(C)N2)cc1. The lowest BCUT2D eigenvalue weighted by Gasteiger charge is -2.25. The van der Waals surface area contributed by atoms with Crippen LogP contribution in [0.4, 0.5) is 0 Å². The Balaban J connectivity index is 1.84. The number of amidine groups is 1. The number of nitrogens with one attached hydrogen (secondary N) is 1. The number of hydrogen-bond acceptors (Lipinski definition) is 5. The third-order valence-electron chi connectivity index (χ3n) is 4.18. The molecule has 2 aromatic rings. The van der Waals surface area contributed by atoms with E-state index >= 15 is 0 Å². The molecule has 0 radical (unpaired) electrons. The highest BCUT2D eigenvalue weighted by Gasteiger charge is 2.30. The Kier molecular flexibility index (Phi) is 6.08. The molecule has 2 N–H and O–H groups in total. The fraction of sp³-hybridized carbons (Fsp3) is 0.200. The molecule has 0 spiro atoms. The molecule has 1 aliphatic heterocycles. The Hall–Kier alpha value is -2.44. The van der Waals surface area contributed by atoms with Crippen molar-refractivity contribution < 1.29 is 14.6 Å². The number of nitrogens with zero attached hydrogens (tertiary/aromatic N) is 1. The second-order valence-corrected chi connectivity index (χ2v) is 7.34. The van der Waals surface area contributed by atoms with Crippen molar-refractivity contribution in [2.75, 3.05) is 7.11 Å².